The van der Waals surface area contributed by atoms with Crippen LogP contribution in [0.25, 0.3) is 11.5 Å². The van der Waals surface area contributed by atoms with Crippen LogP contribution in [0.1, 0.15) is 18.5 Å². The predicted molar refractivity (Wildman–Crippen MR) is 95.8 cm³/mol. The molecule has 3 heterocycles. The molecule has 1 aliphatic rings. The number of carbonyl (C=O) groups excluding carboxylic acids is 2. The standard InChI is InChI=1S/C17H15N5O3S/c23-14(8-13-9-26-17(20-13)22-6-2-5-15(22)24)19-12-4-1-3-11(7-12)16-21-18-10-25-16/h1,3-4,7,9-10H,2,5-6,8H2,(H,19,23). The highest BCUT2D eigenvalue weighted by Crippen LogP contribution is 2.26. The highest BCUT2D eigenvalue weighted by Gasteiger charge is 2.24. The van der Waals surface area contributed by atoms with Crippen LogP contribution in [0.4, 0.5) is 10.8 Å². The lowest BCUT2D eigenvalue weighted by Crippen LogP contribution is -2.23. The molecule has 3 aromatic rings. The average Bonchev–Trinajstić information content (AvgIpc) is 3.36. The molecular weight excluding hydrogens is 354 g/mol. The number of rotatable bonds is 5. The van der Waals surface area contributed by atoms with Gasteiger partial charge in [0.05, 0.1) is 12.1 Å². The normalized spacial score (nSPS) is 14.0. The summed E-state index contributed by atoms with van der Waals surface area (Å²) in [5.74, 6) is 0.297. The molecule has 4 rings (SSSR count). The number of hydrogen-bond donors (Lipinski definition) is 1. The fourth-order valence-corrected chi connectivity index (χ4v) is 3.62. The zero-order valence-electron chi connectivity index (χ0n) is 13.7. The van der Waals surface area contributed by atoms with Crippen molar-refractivity contribution in [3.05, 3.63) is 41.7 Å². The number of nitrogens with zero attached hydrogens (tertiary/aromatic N) is 4. The van der Waals surface area contributed by atoms with E-state index >= 15 is 0 Å². The van der Waals surface area contributed by atoms with Crippen molar-refractivity contribution in [1.82, 2.24) is 15.2 Å². The fourth-order valence-electron chi connectivity index (χ4n) is 2.75. The zero-order chi connectivity index (χ0) is 17.9. The van der Waals surface area contributed by atoms with E-state index in [1.165, 1.54) is 17.7 Å². The van der Waals surface area contributed by atoms with Gasteiger partial charge in [-0.15, -0.1) is 21.5 Å². The van der Waals surface area contributed by atoms with Crippen molar-refractivity contribution in [3.63, 3.8) is 0 Å². The summed E-state index contributed by atoms with van der Waals surface area (Å²) in [5.41, 5.74) is 2.01. The lowest BCUT2D eigenvalue weighted by Gasteiger charge is -2.10. The summed E-state index contributed by atoms with van der Waals surface area (Å²) in [4.78, 5) is 30.2. The van der Waals surface area contributed by atoms with Crippen LogP contribution >= 0.6 is 11.3 Å². The van der Waals surface area contributed by atoms with Gasteiger partial charge in [0.1, 0.15) is 0 Å². The van der Waals surface area contributed by atoms with Gasteiger partial charge in [-0.1, -0.05) is 6.07 Å². The minimum Gasteiger partial charge on any atom is -0.423 e. The van der Waals surface area contributed by atoms with Crippen molar-refractivity contribution in [2.24, 2.45) is 0 Å². The van der Waals surface area contributed by atoms with Crippen LogP contribution in [-0.4, -0.2) is 33.5 Å². The van der Waals surface area contributed by atoms with Crippen LogP contribution in [0.2, 0.25) is 0 Å². The van der Waals surface area contributed by atoms with Crippen molar-refractivity contribution in [2.45, 2.75) is 19.3 Å². The summed E-state index contributed by atoms with van der Waals surface area (Å²) in [6, 6.07) is 7.17. The molecule has 26 heavy (non-hydrogen) atoms. The number of aromatic nitrogens is 3. The van der Waals surface area contributed by atoms with E-state index in [1.54, 1.807) is 23.1 Å². The predicted octanol–water partition coefficient (Wildman–Crippen LogP) is 2.50. The lowest BCUT2D eigenvalue weighted by atomic mass is 10.2. The Kier molecular flexibility index (Phi) is 4.44. The van der Waals surface area contributed by atoms with E-state index in [1.807, 2.05) is 11.4 Å². The van der Waals surface area contributed by atoms with Crippen LogP contribution in [0.15, 0.2) is 40.5 Å². The van der Waals surface area contributed by atoms with Crippen molar-refractivity contribution < 1.29 is 14.0 Å². The molecule has 1 saturated heterocycles. The summed E-state index contributed by atoms with van der Waals surface area (Å²) in [6.07, 6.45) is 2.81. The van der Waals surface area contributed by atoms with E-state index in [0.29, 0.717) is 35.4 Å². The number of hydrogen-bond acceptors (Lipinski definition) is 7. The molecule has 0 saturated carbocycles. The molecular formula is C17H15N5O3S. The molecule has 0 aliphatic carbocycles. The molecule has 2 amide bonds. The van der Waals surface area contributed by atoms with Gasteiger partial charge in [-0.3, -0.25) is 14.5 Å². The van der Waals surface area contributed by atoms with E-state index in [9.17, 15) is 9.59 Å². The number of carbonyl (C=O) groups is 2. The molecule has 2 aromatic heterocycles. The second kappa shape index (κ2) is 7.04. The topological polar surface area (TPSA) is 101 Å². The Morgan fingerprint density at radius 2 is 2.31 bits per heavy atom. The van der Waals surface area contributed by atoms with Crippen LogP contribution in [0.3, 0.4) is 0 Å². The molecule has 0 spiro atoms. The number of amides is 2. The van der Waals surface area contributed by atoms with Gasteiger partial charge in [-0.05, 0) is 24.6 Å². The number of thiazole rings is 1. The van der Waals surface area contributed by atoms with Crippen LogP contribution in [0.5, 0.6) is 0 Å². The molecule has 1 fully saturated rings. The minimum absolute atomic E-state index is 0.0909. The molecule has 1 aliphatic heterocycles. The van der Waals surface area contributed by atoms with Crippen LogP contribution in [0, 0.1) is 0 Å². The minimum atomic E-state index is -0.183. The fraction of sp³-hybridized carbons (Fsp3) is 0.235. The summed E-state index contributed by atoms with van der Waals surface area (Å²) in [6.45, 7) is 0.695. The number of benzene rings is 1. The highest BCUT2D eigenvalue weighted by atomic mass is 32.1. The van der Waals surface area contributed by atoms with Gasteiger partial charge in [0.15, 0.2) is 5.13 Å². The van der Waals surface area contributed by atoms with Gasteiger partial charge in [-0.25, -0.2) is 4.98 Å². The van der Waals surface area contributed by atoms with Gasteiger partial charge in [-0.2, -0.15) is 0 Å². The quantitative estimate of drug-likeness (QED) is 0.741. The largest absolute Gasteiger partial charge is 0.423 e. The molecule has 132 valence electrons. The Morgan fingerprint density at radius 3 is 3.08 bits per heavy atom. The Labute approximate surface area is 152 Å². The Bertz CT molecular complexity index is 938. The van der Waals surface area contributed by atoms with E-state index < -0.39 is 0 Å². The number of nitrogens with one attached hydrogen (secondary N) is 1. The molecule has 0 bridgehead atoms. The Morgan fingerprint density at radius 1 is 1.38 bits per heavy atom. The first-order chi connectivity index (χ1) is 12.7. The van der Waals surface area contributed by atoms with Gasteiger partial charge in [0.25, 0.3) is 0 Å². The third-order valence-corrected chi connectivity index (χ3v) is 4.85. The molecule has 1 aromatic carbocycles. The summed E-state index contributed by atoms with van der Waals surface area (Å²) < 4.78 is 5.16. The van der Waals surface area contributed by atoms with Crippen molar-refractivity contribution in [2.75, 3.05) is 16.8 Å². The summed E-state index contributed by atoms with van der Waals surface area (Å²) in [5, 5.41) is 12.8. The van der Waals surface area contributed by atoms with E-state index in [-0.39, 0.29) is 18.2 Å². The third kappa shape index (κ3) is 3.47. The van der Waals surface area contributed by atoms with Gasteiger partial charge in [0, 0.05) is 29.6 Å². The average molecular weight is 369 g/mol. The molecule has 1 N–H and O–H groups in total. The van der Waals surface area contributed by atoms with Gasteiger partial charge < -0.3 is 9.73 Å². The smallest absolute Gasteiger partial charge is 0.247 e. The van der Waals surface area contributed by atoms with E-state index in [0.717, 1.165) is 12.0 Å². The van der Waals surface area contributed by atoms with Crippen molar-refractivity contribution in [1.29, 1.82) is 0 Å². The molecule has 0 unspecified atom stereocenters. The second-order valence-corrected chi connectivity index (χ2v) is 6.66. The Balaban J connectivity index is 1.41. The van der Waals surface area contributed by atoms with Crippen LogP contribution < -0.4 is 10.2 Å². The lowest BCUT2D eigenvalue weighted by molar-refractivity contribution is -0.117. The van der Waals surface area contributed by atoms with E-state index in [2.05, 4.69) is 20.5 Å². The molecule has 0 atom stereocenters. The molecule has 9 heteroatoms. The highest BCUT2D eigenvalue weighted by molar-refractivity contribution is 7.14. The first-order valence-electron chi connectivity index (χ1n) is 8.10. The maximum Gasteiger partial charge on any atom is 0.247 e. The first kappa shape index (κ1) is 16.4. The Hall–Kier alpha value is -3.07. The van der Waals surface area contributed by atoms with Crippen molar-refractivity contribution >= 4 is 34.0 Å². The van der Waals surface area contributed by atoms with Crippen LogP contribution in [-0.2, 0) is 16.0 Å². The summed E-state index contributed by atoms with van der Waals surface area (Å²) in [7, 11) is 0. The van der Waals surface area contributed by atoms with Crippen molar-refractivity contribution in [3.8, 4) is 11.5 Å². The maximum absolute atomic E-state index is 12.3. The second-order valence-electron chi connectivity index (χ2n) is 5.82. The third-order valence-electron chi connectivity index (χ3n) is 3.94. The first-order valence-corrected chi connectivity index (χ1v) is 8.98. The maximum atomic E-state index is 12.3. The van der Waals surface area contributed by atoms with Gasteiger partial charge >= 0.3 is 0 Å². The monoisotopic (exact) mass is 369 g/mol. The van der Waals surface area contributed by atoms with E-state index in [4.69, 9.17) is 4.42 Å². The number of anilines is 2. The summed E-state index contributed by atoms with van der Waals surface area (Å²) >= 11 is 1.39. The SMILES string of the molecule is O=C(Cc1csc(N2CCCC2=O)n1)Nc1cccc(-c2nnco2)c1. The molecule has 8 nitrogen and oxygen atoms in total. The van der Waals surface area contributed by atoms with Gasteiger partial charge in [0.2, 0.25) is 24.1 Å². The molecule has 0 radical (unpaired) electrons. The zero-order valence-corrected chi connectivity index (χ0v) is 14.5.